The second-order valence-electron chi connectivity index (χ2n) is 3.94. The van der Waals surface area contributed by atoms with Crippen molar-refractivity contribution < 1.29 is 0 Å². The molecule has 0 unspecified atom stereocenters. The van der Waals surface area contributed by atoms with Gasteiger partial charge in [0.1, 0.15) is 17.7 Å². The Bertz CT molecular complexity index is 656. The lowest BCUT2D eigenvalue weighted by atomic mass is 10.2. The first-order valence-electron chi connectivity index (χ1n) is 5.46. The van der Waals surface area contributed by atoms with Gasteiger partial charge in [0, 0.05) is 16.7 Å². The molecule has 0 fully saturated rings. The first-order valence-corrected chi connectivity index (χ1v) is 6.27. The van der Waals surface area contributed by atoms with Crippen LogP contribution in [0.25, 0.3) is 0 Å². The molecule has 0 aromatic carbocycles. The van der Waals surface area contributed by atoms with E-state index in [1.807, 2.05) is 13.0 Å². The van der Waals surface area contributed by atoms with Crippen LogP contribution in [0, 0.1) is 25.2 Å². The summed E-state index contributed by atoms with van der Waals surface area (Å²) in [6.07, 6.45) is 0. The third kappa shape index (κ3) is 2.92. The molecule has 0 saturated heterocycles. The summed E-state index contributed by atoms with van der Waals surface area (Å²) in [6.45, 7) is 3.66. The first kappa shape index (κ1) is 13.1. The van der Waals surface area contributed by atoms with E-state index in [0.29, 0.717) is 28.0 Å². The molecule has 0 radical (unpaired) electrons. The molecule has 4 N–H and O–H groups in total. The molecule has 0 saturated carbocycles. The fourth-order valence-corrected chi connectivity index (χ4v) is 2.64. The third-order valence-electron chi connectivity index (χ3n) is 2.35. The molecule has 7 heteroatoms. The molecular formula is C12H12N6S. The van der Waals surface area contributed by atoms with Gasteiger partial charge in [0.25, 0.3) is 0 Å². The summed E-state index contributed by atoms with van der Waals surface area (Å²) >= 11 is 1.25. The van der Waals surface area contributed by atoms with Gasteiger partial charge in [-0.15, -0.1) is 0 Å². The molecule has 6 nitrogen and oxygen atoms in total. The molecule has 2 aromatic rings. The minimum Gasteiger partial charge on any atom is -0.383 e. The van der Waals surface area contributed by atoms with Crippen molar-refractivity contribution in [1.82, 2.24) is 15.0 Å². The van der Waals surface area contributed by atoms with Crippen molar-refractivity contribution in [3.05, 3.63) is 29.1 Å². The lowest BCUT2D eigenvalue weighted by Crippen LogP contribution is -2.00. The van der Waals surface area contributed by atoms with Crippen LogP contribution in [0.2, 0.25) is 0 Å². The summed E-state index contributed by atoms with van der Waals surface area (Å²) in [5.74, 6) is 0.604. The quantitative estimate of drug-likeness (QED) is 0.799. The number of hydrogen-bond donors (Lipinski definition) is 2. The number of aryl methyl sites for hydroxylation is 2. The fraction of sp³-hybridized carbons (Fsp3) is 0.167. The Kier molecular flexibility index (Phi) is 3.53. The maximum Gasteiger partial charge on any atom is 0.196 e. The molecule has 0 spiro atoms. The standard InChI is InChI=1S/C12H12N6S/c1-6-3-9(8(5-13)7(2)16-6)19-12-17-10(14)4-11(15)18-12/h3-4H,1-2H3,(H4,14,15,17,18). The van der Waals surface area contributed by atoms with Gasteiger partial charge in [-0.1, -0.05) is 0 Å². The van der Waals surface area contributed by atoms with Crippen molar-refractivity contribution in [2.24, 2.45) is 0 Å². The maximum atomic E-state index is 9.18. The zero-order valence-corrected chi connectivity index (χ0v) is 11.3. The highest BCUT2D eigenvalue weighted by Gasteiger charge is 2.11. The number of anilines is 2. The maximum absolute atomic E-state index is 9.18. The van der Waals surface area contributed by atoms with Crippen LogP contribution < -0.4 is 11.5 Å². The lowest BCUT2D eigenvalue weighted by Gasteiger charge is -2.07. The van der Waals surface area contributed by atoms with Gasteiger partial charge >= 0.3 is 0 Å². The topological polar surface area (TPSA) is 114 Å². The second-order valence-corrected chi connectivity index (χ2v) is 4.95. The molecule has 0 aliphatic carbocycles. The van der Waals surface area contributed by atoms with Crippen molar-refractivity contribution in [1.29, 1.82) is 5.26 Å². The van der Waals surface area contributed by atoms with E-state index in [1.165, 1.54) is 17.8 Å². The van der Waals surface area contributed by atoms with E-state index in [4.69, 9.17) is 11.5 Å². The third-order valence-corrected chi connectivity index (χ3v) is 3.26. The SMILES string of the molecule is Cc1cc(Sc2nc(N)cc(N)n2)c(C#N)c(C)n1. The van der Waals surface area contributed by atoms with Gasteiger partial charge in [0.15, 0.2) is 5.16 Å². The zero-order valence-electron chi connectivity index (χ0n) is 10.5. The van der Waals surface area contributed by atoms with Crippen LogP contribution in [-0.2, 0) is 0 Å². The Morgan fingerprint density at radius 1 is 1.11 bits per heavy atom. The normalized spacial score (nSPS) is 10.2. The summed E-state index contributed by atoms with van der Waals surface area (Å²) in [4.78, 5) is 13.2. The summed E-state index contributed by atoms with van der Waals surface area (Å²) in [7, 11) is 0. The molecule has 0 amide bonds. The number of nitrogens with zero attached hydrogens (tertiary/aromatic N) is 4. The second kappa shape index (κ2) is 5.12. The van der Waals surface area contributed by atoms with Crippen molar-refractivity contribution in [3.63, 3.8) is 0 Å². The Morgan fingerprint density at radius 3 is 2.32 bits per heavy atom. The average Bonchev–Trinajstić information content (AvgIpc) is 2.26. The molecular weight excluding hydrogens is 260 g/mol. The highest BCUT2D eigenvalue weighted by molar-refractivity contribution is 7.99. The van der Waals surface area contributed by atoms with Crippen LogP contribution in [0.1, 0.15) is 17.0 Å². The van der Waals surface area contributed by atoms with Crippen molar-refractivity contribution >= 4 is 23.4 Å². The number of pyridine rings is 1. The van der Waals surface area contributed by atoms with E-state index in [2.05, 4.69) is 21.0 Å². The highest BCUT2D eigenvalue weighted by Crippen LogP contribution is 2.30. The smallest absolute Gasteiger partial charge is 0.196 e. The molecule has 0 aliphatic rings. The summed E-state index contributed by atoms with van der Waals surface area (Å²) < 4.78 is 0. The number of rotatable bonds is 2. The van der Waals surface area contributed by atoms with Crippen LogP contribution in [0.4, 0.5) is 11.6 Å². The van der Waals surface area contributed by atoms with E-state index in [1.54, 1.807) is 6.92 Å². The minimum atomic E-state index is 0.302. The fourth-order valence-electron chi connectivity index (χ4n) is 1.62. The number of nitrogens with two attached hydrogens (primary N) is 2. The highest BCUT2D eigenvalue weighted by atomic mass is 32.2. The van der Waals surface area contributed by atoms with Crippen LogP contribution in [-0.4, -0.2) is 15.0 Å². The van der Waals surface area contributed by atoms with E-state index in [0.717, 1.165) is 10.6 Å². The molecule has 0 bridgehead atoms. The zero-order chi connectivity index (χ0) is 14.0. The Hall–Kier alpha value is -2.33. The molecule has 2 rings (SSSR count). The van der Waals surface area contributed by atoms with Gasteiger partial charge in [-0.3, -0.25) is 4.98 Å². The van der Waals surface area contributed by atoms with Crippen LogP contribution in [0.15, 0.2) is 22.2 Å². The van der Waals surface area contributed by atoms with Crippen LogP contribution in [0.5, 0.6) is 0 Å². The average molecular weight is 272 g/mol. The van der Waals surface area contributed by atoms with Crippen molar-refractivity contribution in [2.75, 3.05) is 11.5 Å². The number of hydrogen-bond acceptors (Lipinski definition) is 7. The van der Waals surface area contributed by atoms with Gasteiger partial charge in [0.2, 0.25) is 0 Å². The van der Waals surface area contributed by atoms with Gasteiger partial charge in [-0.25, -0.2) is 9.97 Å². The van der Waals surface area contributed by atoms with E-state index in [-0.39, 0.29) is 0 Å². The van der Waals surface area contributed by atoms with Crippen LogP contribution in [0.3, 0.4) is 0 Å². The molecule has 2 aromatic heterocycles. The van der Waals surface area contributed by atoms with E-state index in [9.17, 15) is 5.26 Å². The molecule has 0 aliphatic heterocycles. The molecule has 19 heavy (non-hydrogen) atoms. The first-order chi connectivity index (χ1) is 8.99. The Labute approximate surface area is 114 Å². The number of nitriles is 1. The molecule has 0 atom stereocenters. The predicted molar refractivity (Wildman–Crippen MR) is 73.4 cm³/mol. The minimum absolute atomic E-state index is 0.302. The van der Waals surface area contributed by atoms with E-state index < -0.39 is 0 Å². The van der Waals surface area contributed by atoms with Gasteiger partial charge < -0.3 is 11.5 Å². The van der Waals surface area contributed by atoms with Crippen molar-refractivity contribution in [2.45, 2.75) is 23.9 Å². The number of aromatic nitrogens is 3. The predicted octanol–water partition coefficient (Wildman–Crippen LogP) is 1.68. The van der Waals surface area contributed by atoms with E-state index >= 15 is 0 Å². The number of nitrogen functional groups attached to an aromatic ring is 2. The van der Waals surface area contributed by atoms with Gasteiger partial charge in [0.05, 0.1) is 11.3 Å². The van der Waals surface area contributed by atoms with Crippen molar-refractivity contribution in [3.8, 4) is 6.07 Å². The lowest BCUT2D eigenvalue weighted by molar-refractivity contribution is 0.980. The van der Waals surface area contributed by atoms with Crippen LogP contribution >= 0.6 is 11.8 Å². The summed E-state index contributed by atoms with van der Waals surface area (Å²) in [5, 5.41) is 9.60. The van der Waals surface area contributed by atoms with Gasteiger partial charge in [-0.2, -0.15) is 5.26 Å². The summed E-state index contributed by atoms with van der Waals surface area (Å²) in [6, 6.07) is 5.44. The van der Waals surface area contributed by atoms with Gasteiger partial charge in [-0.05, 0) is 31.7 Å². The molecule has 96 valence electrons. The largest absolute Gasteiger partial charge is 0.383 e. The Balaban J connectivity index is 2.46. The summed E-state index contributed by atoms with van der Waals surface area (Å²) in [5.41, 5.74) is 13.3. The monoisotopic (exact) mass is 272 g/mol. The Morgan fingerprint density at radius 2 is 1.74 bits per heavy atom. The molecule has 2 heterocycles.